The molecule has 0 aromatic heterocycles. The maximum atomic E-state index is 13.4. The number of likely N-dealkylation sites (tertiary alicyclic amines) is 1. The molecule has 0 bridgehead atoms. The highest BCUT2D eigenvalue weighted by molar-refractivity contribution is 6.46. The third-order valence-corrected chi connectivity index (χ3v) is 6.65. The van der Waals surface area contributed by atoms with Crippen molar-refractivity contribution >= 4 is 17.4 Å². The first-order valence-electron chi connectivity index (χ1n) is 13.0. The third-order valence-electron chi connectivity index (χ3n) is 6.65. The third kappa shape index (κ3) is 5.55. The van der Waals surface area contributed by atoms with Crippen LogP contribution in [0.15, 0.2) is 54.6 Å². The van der Waals surface area contributed by atoms with E-state index in [1.54, 1.807) is 35.2 Å². The van der Waals surface area contributed by atoms with Gasteiger partial charge in [0.15, 0.2) is 11.5 Å². The summed E-state index contributed by atoms with van der Waals surface area (Å²) in [5, 5.41) is 11.5. The molecule has 1 fully saturated rings. The normalized spacial score (nSPS) is 20.0. The van der Waals surface area contributed by atoms with Gasteiger partial charge in [0.25, 0.3) is 11.7 Å². The van der Waals surface area contributed by atoms with Gasteiger partial charge in [-0.15, -0.1) is 0 Å². The first-order chi connectivity index (χ1) is 18.2. The van der Waals surface area contributed by atoms with Crippen LogP contribution in [0, 0.1) is 0 Å². The van der Waals surface area contributed by atoms with Gasteiger partial charge in [0.05, 0.1) is 18.2 Å². The van der Waals surface area contributed by atoms with Crippen LogP contribution in [-0.2, 0) is 16.0 Å². The van der Waals surface area contributed by atoms with Crippen molar-refractivity contribution < 1.29 is 28.9 Å². The zero-order valence-electron chi connectivity index (χ0n) is 22.5. The molecule has 0 unspecified atom stereocenters. The molecule has 4 rings (SSSR count). The molecule has 0 aliphatic carbocycles. The van der Waals surface area contributed by atoms with Crippen LogP contribution in [0.5, 0.6) is 17.2 Å². The molecule has 2 heterocycles. The van der Waals surface area contributed by atoms with Gasteiger partial charge < -0.3 is 29.1 Å². The predicted molar refractivity (Wildman–Crippen MR) is 146 cm³/mol. The number of benzene rings is 2. The van der Waals surface area contributed by atoms with E-state index in [2.05, 4.69) is 6.58 Å². The molecule has 202 valence electrons. The van der Waals surface area contributed by atoms with Crippen LogP contribution in [-0.4, -0.2) is 73.1 Å². The molecular formula is C30H36N2O6. The predicted octanol–water partition coefficient (Wildman–Crippen LogP) is 4.35. The maximum absolute atomic E-state index is 13.4. The van der Waals surface area contributed by atoms with Crippen LogP contribution >= 0.6 is 0 Å². The Labute approximate surface area is 224 Å². The summed E-state index contributed by atoms with van der Waals surface area (Å²) in [5.41, 5.74) is 2.16. The van der Waals surface area contributed by atoms with Gasteiger partial charge in [0.2, 0.25) is 0 Å². The van der Waals surface area contributed by atoms with Crippen molar-refractivity contribution in [2.75, 3.05) is 40.4 Å². The highest BCUT2D eigenvalue weighted by Gasteiger charge is 2.46. The zero-order valence-corrected chi connectivity index (χ0v) is 22.5. The molecule has 1 amide bonds. The van der Waals surface area contributed by atoms with E-state index in [0.29, 0.717) is 55.2 Å². The minimum Gasteiger partial charge on any atom is -0.507 e. The molecule has 38 heavy (non-hydrogen) atoms. The number of Topliss-reactive ketones (excluding diaryl/α,β-unsaturated/α-hetero) is 1. The number of ether oxygens (including phenoxy) is 3. The number of carbonyl (C=O) groups excluding carboxylic acids is 2. The van der Waals surface area contributed by atoms with E-state index in [1.807, 2.05) is 45.0 Å². The first kappa shape index (κ1) is 27.3. The number of ketones is 1. The van der Waals surface area contributed by atoms with Crippen LogP contribution in [0.4, 0.5) is 0 Å². The summed E-state index contributed by atoms with van der Waals surface area (Å²) < 4.78 is 17.4. The molecule has 2 aromatic carbocycles. The number of fused-ring (bicyclic) bond motifs is 1. The van der Waals surface area contributed by atoms with Crippen molar-refractivity contribution in [1.82, 2.24) is 9.80 Å². The number of amides is 1. The second-order valence-corrected chi connectivity index (χ2v) is 9.84. The lowest BCUT2D eigenvalue weighted by Gasteiger charge is -2.26. The van der Waals surface area contributed by atoms with E-state index in [0.717, 1.165) is 17.9 Å². The van der Waals surface area contributed by atoms with Gasteiger partial charge in [-0.25, -0.2) is 0 Å². The van der Waals surface area contributed by atoms with Gasteiger partial charge in [0.1, 0.15) is 24.2 Å². The number of aliphatic hydroxyl groups is 1. The summed E-state index contributed by atoms with van der Waals surface area (Å²) in [7, 11) is 3.92. The lowest BCUT2D eigenvalue weighted by Crippen LogP contribution is -2.32. The second kappa shape index (κ2) is 11.7. The molecule has 1 saturated heterocycles. The van der Waals surface area contributed by atoms with E-state index in [9.17, 15) is 14.7 Å². The summed E-state index contributed by atoms with van der Waals surface area (Å²) >= 11 is 0. The van der Waals surface area contributed by atoms with Crippen molar-refractivity contribution in [3.05, 3.63) is 71.3 Å². The quantitative estimate of drug-likeness (QED) is 0.204. The number of hydrogen-bond acceptors (Lipinski definition) is 7. The van der Waals surface area contributed by atoms with E-state index in [1.165, 1.54) is 0 Å². The number of carbonyl (C=O) groups is 2. The molecule has 2 aromatic rings. The number of rotatable bonds is 11. The van der Waals surface area contributed by atoms with E-state index < -0.39 is 17.7 Å². The fourth-order valence-corrected chi connectivity index (χ4v) is 4.97. The molecule has 0 radical (unpaired) electrons. The van der Waals surface area contributed by atoms with Crippen molar-refractivity contribution in [2.45, 2.75) is 38.8 Å². The summed E-state index contributed by atoms with van der Waals surface area (Å²) in [5.74, 6) is 0.273. The van der Waals surface area contributed by atoms with Gasteiger partial charge in [-0.3, -0.25) is 9.59 Å². The van der Waals surface area contributed by atoms with E-state index in [-0.39, 0.29) is 17.4 Å². The van der Waals surface area contributed by atoms with Gasteiger partial charge in [-0.2, -0.15) is 0 Å². The molecule has 8 nitrogen and oxygen atoms in total. The van der Waals surface area contributed by atoms with Crippen molar-refractivity contribution in [3.8, 4) is 17.2 Å². The van der Waals surface area contributed by atoms with Crippen molar-refractivity contribution in [3.63, 3.8) is 0 Å². The van der Waals surface area contributed by atoms with E-state index >= 15 is 0 Å². The molecular weight excluding hydrogens is 484 g/mol. The fraction of sp³-hybridized carbons (Fsp3) is 0.400. The largest absolute Gasteiger partial charge is 0.507 e. The van der Waals surface area contributed by atoms with E-state index in [4.69, 9.17) is 14.2 Å². The van der Waals surface area contributed by atoms with Gasteiger partial charge in [-0.1, -0.05) is 18.7 Å². The summed E-state index contributed by atoms with van der Waals surface area (Å²) in [6.45, 7) is 9.37. The zero-order chi connectivity index (χ0) is 27.4. The number of aliphatic hydroxyl groups excluding tert-OH is 1. The fourth-order valence-electron chi connectivity index (χ4n) is 4.97. The van der Waals surface area contributed by atoms with Crippen LogP contribution in [0.2, 0.25) is 0 Å². The van der Waals surface area contributed by atoms with Gasteiger partial charge in [0, 0.05) is 18.5 Å². The lowest BCUT2D eigenvalue weighted by atomic mass is 9.94. The Morgan fingerprint density at radius 3 is 2.68 bits per heavy atom. The molecule has 0 saturated carbocycles. The van der Waals surface area contributed by atoms with Crippen LogP contribution in [0.1, 0.15) is 43.0 Å². The summed E-state index contributed by atoms with van der Waals surface area (Å²) in [6, 6.07) is 9.94. The molecule has 0 spiro atoms. The smallest absolute Gasteiger partial charge is 0.295 e. The minimum absolute atomic E-state index is 0.0449. The minimum atomic E-state index is -0.770. The van der Waals surface area contributed by atoms with Crippen LogP contribution in [0.3, 0.4) is 0 Å². The Morgan fingerprint density at radius 1 is 1.18 bits per heavy atom. The standard InChI is InChI=1S/C30H36N2O6/c1-6-15-37-24-12-9-20(18-25(24)36-7-2)27-26(29(34)30(35)32(27)14-8-13-31(4)5)28(33)21-10-11-23-22(17-21)16-19(3)38-23/h6,9-12,17-19,27,33H,1,7-8,13-16H2,2-5H3/b28-26+/t19-,27+/m1/s1. The van der Waals surface area contributed by atoms with Crippen LogP contribution < -0.4 is 14.2 Å². The first-order valence-corrected chi connectivity index (χ1v) is 13.0. The Balaban J connectivity index is 1.81. The highest BCUT2D eigenvalue weighted by Crippen LogP contribution is 2.43. The van der Waals surface area contributed by atoms with Crippen LogP contribution in [0.25, 0.3) is 5.76 Å². The summed E-state index contributed by atoms with van der Waals surface area (Å²) in [4.78, 5) is 30.3. The molecule has 2 aliphatic heterocycles. The second-order valence-electron chi connectivity index (χ2n) is 9.84. The Bertz CT molecular complexity index is 1250. The van der Waals surface area contributed by atoms with Gasteiger partial charge >= 0.3 is 0 Å². The Hall–Kier alpha value is -3.78. The Kier molecular flexibility index (Phi) is 8.42. The number of nitrogens with zero attached hydrogens (tertiary/aromatic N) is 2. The average Bonchev–Trinajstić information content (AvgIpc) is 3.38. The highest BCUT2D eigenvalue weighted by atomic mass is 16.5. The average molecular weight is 521 g/mol. The molecule has 1 N–H and O–H groups in total. The molecule has 2 aliphatic rings. The number of hydrogen-bond donors (Lipinski definition) is 1. The SMILES string of the molecule is C=CCOc1ccc([C@H]2/C(=C(\O)c3ccc4c(c3)C[C@@H](C)O4)C(=O)C(=O)N2CCCN(C)C)cc1OCC. The van der Waals surface area contributed by atoms with Crippen molar-refractivity contribution in [1.29, 1.82) is 0 Å². The van der Waals surface area contributed by atoms with Crippen molar-refractivity contribution in [2.24, 2.45) is 0 Å². The van der Waals surface area contributed by atoms with Gasteiger partial charge in [-0.05, 0) is 82.4 Å². The topological polar surface area (TPSA) is 88.5 Å². The Morgan fingerprint density at radius 2 is 1.97 bits per heavy atom. The monoisotopic (exact) mass is 520 g/mol. The maximum Gasteiger partial charge on any atom is 0.295 e. The molecule has 2 atom stereocenters. The summed E-state index contributed by atoms with van der Waals surface area (Å²) in [6.07, 6.45) is 3.07. The molecule has 8 heteroatoms. The lowest BCUT2D eigenvalue weighted by molar-refractivity contribution is -0.139.